The maximum absolute atomic E-state index is 12.1. The summed E-state index contributed by atoms with van der Waals surface area (Å²) in [7, 11) is 0. The second kappa shape index (κ2) is 7.94. The Hall–Kier alpha value is -1.11. The SMILES string of the molecule is CCN1C(NC(=O)CCC(C)C)=NCC1c1ccccc1I. The molecule has 0 aromatic heterocycles. The van der Waals surface area contributed by atoms with E-state index in [9.17, 15) is 4.79 Å². The summed E-state index contributed by atoms with van der Waals surface area (Å²) in [5.41, 5.74) is 1.28. The van der Waals surface area contributed by atoms with E-state index in [1.54, 1.807) is 0 Å². The van der Waals surface area contributed by atoms with Gasteiger partial charge in [0.2, 0.25) is 11.9 Å². The molecule has 120 valence electrons. The van der Waals surface area contributed by atoms with Gasteiger partial charge in [0, 0.05) is 16.5 Å². The van der Waals surface area contributed by atoms with Gasteiger partial charge >= 0.3 is 0 Å². The molecule has 1 aromatic carbocycles. The normalized spacial score (nSPS) is 17.8. The lowest BCUT2D eigenvalue weighted by molar-refractivity contribution is -0.120. The lowest BCUT2D eigenvalue weighted by atomic mass is 10.1. The lowest BCUT2D eigenvalue weighted by Crippen LogP contribution is -2.42. The highest BCUT2D eigenvalue weighted by atomic mass is 127. The fourth-order valence-corrected chi connectivity index (χ4v) is 3.36. The van der Waals surface area contributed by atoms with Crippen LogP contribution in [0.1, 0.15) is 45.2 Å². The molecule has 2 rings (SSSR count). The van der Waals surface area contributed by atoms with Crippen molar-refractivity contribution in [3.8, 4) is 0 Å². The number of benzene rings is 1. The van der Waals surface area contributed by atoms with Crippen LogP contribution in [0.25, 0.3) is 0 Å². The van der Waals surface area contributed by atoms with Gasteiger partial charge in [-0.2, -0.15) is 0 Å². The molecular weight excluding hydrogens is 389 g/mol. The molecular formula is C17H24IN3O. The highest BCUT2D eigenvalue weighted by Gasteiger charge is 2.29. The summed E-state index contributed by atoms with van der Waals surface area (Å²) in [6, 6.07) is 8.59. The molecule has 1 N–H and O–H groups in total. The monoisotopic (exact) mass is 413 g/mol. The van der Waals surface area contributed by atoms with Crippen LogP contribution in [-0.4, -0.2) is 29.9 Å². The molecule has 1 atom stereocenters. The highest BCUT2D eigenvalue weighted by molar-refractivity contribution is 14.1. The molecule has 1 unspecified atom stereocenters. The minimum Gasteiger partial charge on any atom is -0.334 e. The average Bonchev–Trinajstić information content (AvgIpc) is 2.88. The predicted octanol–water partition coefficient (Wildman–Crippen LogP) is 3.58. The molecule has 0 saturated carbocycles. The Balaban J connectivity index is 2.03. The number of carbonyl (C=O) groups is 1. The molecule has 0 saturated heterocycles. The number of hydrogen-bond acceptors (Lipinski definition) is 3. The number of aliphatic imine (C=N–C) groups is 1. The van der Waals surface area contributed by atoms with Gasteiger partial charge in [0.05, 0.1) is 12.6 Å². The number of likely N-dealkylation sites (N-methyl/N-ethyl adjacent to an activating group) is 1. The third-order valence-corrected chi connectivity index (χ3v) is 4.85. The van der Waals surface area contributed by atoms with Gasteiger partial charge in [0.1, 0.15) is 0 Å². The van der Waals surface area contributed by atoms with Crippen LogP contribution in [-0.2, 0) is 4.79 Å². The summed E-state index contributed by atoms with van der Waals surface area (Å²) in [4.78, 5) is 18.8. The molecule has 4 nitrogen and oxygen atoms in total. The van der Waals surface area contributed by atoms with E-state index in [0.29, 0.717) is 18.9 Å². The summed E-state index contributed by atoms with van der Waals surface area (Å²) >= 11 is 2.36. The molecule has 1 aliphatic heterocycles. The van der Waals surface area contributed by atoms with Crippen LogP contribution in [0.3, 0.4) is 0 Å². The van der Waals surface area contributed by atoms with Crippen LogP contribution < -0.4 is 5.32 Å². The van der Waals surface area contributed by atoms with Crippen LogP contribution in [0.15, 0.2) is 29.3 Å². The zero-order chi connectivity index (χ0) is 16.1. The van der Waals surface area contributed by atoms with E-state index >= 15 is 0 Å². The van der Waals surface area contributed by atoms with Crippen molar-refractivity contribution < 1.29 is 4.79 Å². The maximum Gasteiger partial charge on any atom is 0.226 e. The lowest BCUT2D eigenvalue weighted by Gasteiger charge is -2.27. The van der Waals surface area contributed by atoms with E-state index < -0.39 is 0 Å². The van der Waals surface area contributed by atoms with Gasteiger partial charge in [-0.05, 0) is 53.5 Å². The Morgan fingerprint density at radius 2 is 2.18 bits per heavy atom. The number of guanidine groups is 1. The second-order valence-electron chi connectivity index (χ2n) is 5.97. The first-order valence-electron chi connectivity index (χ1n) is 7.88. The summed E-state index contributed by atoms with van der Waals surface area (Å²) in [6.07, 6.45) is 1.47. The van der Waals surface area contributed by atoms with E-state index in [0.717, 1.165) is 18.9 Å². The van der Waals surface area contributed by atoms with Crippen molar-refractivity contribution in [2.45, 2.75) is 39.7 Å². The molecule has 1 heterocycles. The number of nitrogens with zero attached hydrogens (tertiary/aromatic N) is 2. The Kier molecular flexibility index (Phi) is 6.23. The van der Waals surface area contributed by atoms with E-state index in [1.807, 2.05) is 6.07 Å². The van der Waals surface area contributed by atoms with E-state index in [4.69, 9.17) is 0 Å². The standard InChI is InChI=1S/C17H24IN3O/c1-4-21-15(13-7-5-6-8-14(13)18)11-19-17(21)20-16(22)10-9-12(2)3/h5-8,12,15H,4,9-11H2,1-3H3,(H,19,20,22). The number of carbonyl (C=O) groups excluding carboxylic acids is 1. The summed E-state index contributed by atoms with van der Waals surface area (Å²) in [6.45, 7) is 7.90. The van der Waals surface area contributed by atoms with Gasteiger partial charge < -0.3 is 4.90 Å². The zero-order valence-electron chi connectivity index (χ0n) is 13.5. The quantitative estimate of drug-likeness (QED) is 0.751. The molecule has 0 bridgehead atoms. The van der Waals surface area contributed by atoms with Crippen LogP contribution in [0.4, 0.5) is 0 Å². The highest BCUT2D eigenvalue weighted by Crippen LogP contribution is 2.29. The fourth-order valence-electron chi connectivity index (χ4n) is 2.61. The third kappa shape index (κ3) is 4.21. The van der Waals surface area contributed by atoms with Crippen LogP contribution in [0, 0.1) is 9.49 Å². The van der Waals surface area contributed by atoms with Crippen molar-refractivity contribution in [2.24, 2.45) is 10.9 Å². The first kappa shape index (κ1) is 17.2. The Morgan fingerprint density at radius 3 is 2.82 bits per heavy atom. The number of nitrogens with one attached hydrogen (secondary N) is 1. The van der Waals surface area contributed by atoms with E-state index in [1.165, 1.54) is 9.13 Å². The fraction of sp³-hybridized carbons (Fsp3) is 0.529. The second-order valence-corrected chi connectivity index (χ2v) is 7.13. The first-order chi connectivity index (χ1) is 10.5. The van der Waals surface area contributed by atoms with Crippen molar-refractivity contribution in [2.75, 3.05) is 13.1 Å². The number of halogens is 1. The summed E-state index contributed by atoms with van der Waals surface area (Å²) < 4.78 is 1.24. The molecule has 0 radical (unpaired) electrons. The minimum atomic E-state index is 0.0642. The van der Waals surface area contributed by atoms with E-state index in [-0.39, 0.29) is 11.9 Å². The third-order valence-electron chi connectivity index (χ3n) is 3.87. The number of amides is 1. The molecule has 1 aromatic rings. The molecule has 22 heavy (non-hydrogen) atoms. The predicted molar refractivity (Wildman–Crippen MR) is 98.8 cm³/mol. The molecule has 1 amide bonds. The van der Waals surface area contributed by atoms with Gasteiger partial charge in [-0.3, -0.25) is 15.1 Å². The van der Waals surface area contributed by atoms with Crippen LogP contribution in [0.5, 0.6) is 0 Å². The number of rotatable bonds is 5. The van der Waals surface area contributed by atoms with Gasteiger partial charge in [-0.15, -0.1) is 0 Å². The molecule has 0 fully saturated rings. The maximum atomic E-state index is 12.1. The average molecular weight is 413 g/mol. The van der Waals surface area contributed by atoms with E-state index in [2.05, 4.69) is 76.8 Å². The topological polar surface area (TPSA) is 44.7 Å². The first-order valence-corrected chi connectivity index (χ1v) is 8.96. The van der Waals surface area contributed by atoms with Gasteiger partial charge in [-0.25, -0.2) is 0 Å². The minimum absolute atomic E-state index is 0.0642. The van der Waals surface area contributed by atoms with Crippen LogP contribution >= 0.6 is 22.6 Å². The molecule has 0 aliphatic carbocycles. The Bertz CT molecular complexity index is 557. The molecule has 1 aliphatic rings. The van der Waals surface area contributed by atoms with Crippen molar-refractivity contribution in [1.82, 2.24) is 10.2 Å². The van der Waals surface area contributed by atoms with Crippen molar-refractivity contribution >= 4 is 34.5 Å². The Labute approximate surface area is 146 Å². The molecule has 0 spiro atoms. The van der Waals surface area contributed by atoms with Gasteiger partial charge in [-0.1, -0.05) is 32.0 Å². The molecule has 5 heteroatoms. The van der Waals surface area contributed by atoms with Crippen molar-refractivity contribution in [3.63, 3.8) is 0 Å². The van der Waals surface area contributed by atoms with Crippen molar-refractivity contribution in [1.29, 1.82) is 0 Å². The van der Waals surface area contributed by atoms with Crippen LogP contribution in [0.2, 0.25) is 0 Å². The van der Waals surface area contributed by atoms with Crippen molar-refractivity contribution in [3.05, 3.63) is 33.4 Å². The Morgan fingerprint density at radius 1 is 1.45 bits per heavy atom. The summed E-state index contributed by atoms with van der Waals surface area (Å²) in [5, 5.41) is 2.99. The largest absolute Gasteiger partial charge is 0.334 e. The smallest absolute Gasteiger partial charge is 0.226 e. The van der Waals surface area contributed by atoms with Gasteiger partial charge in [0.25, 0.3) is 0 Å². The van der Waals surface area contributed by atoms with Gasteiger partial charge in [0.15, 0.2) is 0 Å². The zero-order valence-corrected chi connectivity index (χ0v) is 15.6. The summed E-state index contributed by atoms with van der Waals surface area (Å²) in [5.74, 6) is 1.33. The number of hydrogen-bond donors (Lipinski definition) is 1.